The summed E-state index contributed by atoms with van der Waals surface area (Å²) in [6, 6.07) is 7.42. The summed E-state index contributed by atoms with van der Waals surface area (Å²) >= 11 is 0. The quantitative estimate of drug-likeness (QED) is 0.674. The van der Waals surface area contributed by atoms with Gasteiger partial charge in [0, 0.05) is 18.8 Å². The minimum Gasteiger partial charge on any atom is -0.493 e. The van der Waals surface area contributed by atoms with Crippen LogP contribution in [0.1, 0.15) is 13.8 Å². The van der Waals surface area contributed by atoms with Crippen LogP contribution in [0.15, 0.2) is 49.6 Å². The van der Waals surface area contributed by atoms with Crippen LogP contribution in [0.4, 0.5) is 5.69 Å². The van der Waals surface area contributed by atoms with Gasteiger partial charge in [-0.3, -0.25) is 9.69 Å². The van der Waals surface area contributed by atoms with E-state index in [1.807, 2.05) is 29.2 Å². The highest BCUT2D eigenvalue weighted by atomic mass is 16.5. The first-order valence-electron chi connectivity index (χ1n) is 7.52. The van der Waals surface area contributed by atoms with E-state index in [4.69, 9.17) is 4.74 Å². The van der Waals surface area contributed by atoms with Gasteiger partial charge in [-0.05, 0) is 30.2 Å². The van der Waals surface area contributed by atoms with Gasteiger partial charge in [-0.1, -0.05) is 26.0 Å². The number of carbonyl (C=O) groups excluding carboxylic acids is 1. The second kappa shape index (κ2) is 9.79. The summed E-state index contributed by atoms with van der Waals surface area (Å²) in [6.45, 7) is 13.9. The molecule has 4 heteroatoms. The highest BCUT2D eigenvalue weighted by Gasteiger charge is 2.08. The molecule has 0 spiro atoms. The molecule has 1 amide bonds. The maximum absolute atomic E-state index is 12.0. The maximum atomic E-state index is 12.0. The zero-order chi connectivity index (χ0) is 16.4. The molecule has 120 valence electrons. The fourth-order valence-electron chi connectivity index (χ4n) is 1.87. The number of carbonyl (C=O) groups is 1. The Balaban J connectivity index is 2.49. The van der Waals surface area contributed by atoms with Crippen LogP contribution in [0, 0.1) is 5.92 Å². The average molecular weight is 302 g/mol. The van der Waals surface area contributed by atoms with Crippen molar-refractivity contribution in [3.05, 3.63) is 49.6 Å². The van der Waals surface area contributed by atoms with Gasteiger partial charge in [0.2, 0.25) is 5.91 Å². The van der Waals surface area contributed by atoms with E-state index < -0.39 is 0 Å². The van der Waals surface area contributed by atoms with Crippen LogP contribution in [-0.4, -0.2) is 37.0 Å². The molecule has 0 heterocycles. The number of anilines is 1. The molecule has 0 radical (unpaired) electrons. The van der Waals surface area contributed by atoms with Crippen molar-refractivity contribution in [2.24, 2.45) is 5.92 Å². The molecular formula is C18H26N2O2. The summed E-state index contributed by atoms with van der Waals surface area (Å²) in [6.07, 6.45) is 3.55. The van der Waals surface area contributed by atoms with Crippen molar-refractivity contribution in [2.45, 2.75) is 13.8 Å². The van der Waals surface area contributed by atoms with E-state index in [0.29, 0.717) is 32.2 Å². The van der Waals surface area contributed by atoms with Crippen LogP contribution in [0.3, 0.4) is 0 Å². The molecule has 0 aliphatic carbocycles. The molecule has 0 saturated heterocycles. The molecule has 1 N–H and O–H groups in total. The average Bonchev–Trinajstić information content (AvgIpc) is 2.47. The molecule has 1 aromatic rings. The number of nitrogens with one attached hydrogen (secondary N) is 1. The number of nitrogens with zero attached hydrogens (tertiary/aromatic N) is 1. The monoisotopic (exact) mass is 302 g/mol. The summed E-state index contributed by atoms with van der Waals surface area (Å²) < 4.78 is 5.61. The van der Waals surface area contributed by atoms with Crippen LogP contribution in [-0.2, 0) is 4.79 Å². The normalized spacial score (nSPS) is 10.5. The summed E-state index contributed by atoms with van der Waals surface area (Å²) in [4.78, 5) is 14.0. The molecule has 0 fully saturated rings. The first-order valence-corrected chi connectivity index (χ1v) is 7.52. The van der Waals surface area contributed by atoms with E-state index in [2.05, 4.69) is 32.3 Å². The summed E-state index contributed by atoms with van der Waals surface area (Å²) in [5.74, 6) is 1.24. The van der Waals surface area contributed by atoms with Gasteiger partial charge < -0.3 is 10.1 Å². The Morgan fingerprint density at radius 3 is 2.32 bits per heavy atom. The fraction of sp³-hybridized carbons (Fsp3) is 0.389. The minimum absolute atomic E-state index is 0.0560. The van der Waals surface area contributed by atoms with Crippen LogP contribution >= 0.6 is 0 Å². The molecule has 0 saturated carbocycles. The SMILES string of the molecule is C=CCN(CC=C)CC(=O)Nc1ccc(OCC(C)C)cc1. The Morgan fingerprint density at radius 1 is 1.23 bits per heavy atom. The van der Waals surface area contributed by atoms with Gasteiger partial charge in [0.1, 0.15) is 5.75 Å². The molecular weight excluding hydrogens is 276 g/mol. The number of hydrogen-bond donors (Lipinski definition) is 1. The Hall–Kier alpha value is -2.07. The van der Waals surface area contributed by atoms with E-state index in [0.717, 1.165) is 11.4 Å². The maximum Gasteiger partial charge on any atom is 0.238 e. The molecule has 0 atom stereocenters. The predicted octanol–water partition coefficient (Wildman–Crippen LogP) is 3.33. The van der Waals surface area contributed by atoms with E-state index >= 15 is 0 Å². The highest BCUT2D eigenvalue weighted by Crippen LogP contribution is 2.16. The van der Waals surface area contributed by atoms with Gasteiger partial charge in [0.25, 0.3) is 0 Å². The molecule has 0 unspecified atom stereocenters. The minimum atomic E-state index is -0.0560. The lowest BCUT2D eigenvalue weighted by Crippen LogP contribution is -2.33. The van der Waals surface area contributed by atoms with Crippen molar-refractivity contribution >= 4 is 11.6 Å². The highest BCUT2D eigenvalue weighted by molar-refractivity contribution is 5.92. The van der Waals surface area contributed by atoms with Crippen molar-refractivity contribution in [2.75, 3.05) is 31.6 Å². The Morgan fingerprint density at radius 2 is 1.82 bits per heavy atom. The van der Waals surface area contributed by atoms with Gasteiger partial charge in [-0.25, -0.2) is 0 Å². The van der Waals surface area contributed by atoms with Crippen molar-refractivity contribution in [1.82, 2.24) is 4.90 Å². The number of rotatable bonds is 10. The van der Waals surface area contributed by atoms with E-state index in [1.165, 1.54) is 0 Å². The lowest BCUT2D eigenvalue weighted by Gasteiger charge is -2.18. The number of benzene rings is 1. The molecule has 22 heavy (non-hydrogen) atoms. The lowest BCUT2D eigenvalue weighted by atomic mass is 10.2. The van der Waals surface area contributed by atoms with Gasteiger partial charge in [0.15, 0.2) is 0 Å². The van der Waals surface area contributed by atoms with E-state index in [1.54, 1.807) is 12.2 Å². The lowest BCUT2D eigenvalue weighted by molar-refractivity contribution is -0.117. The van der Waals surface area contributed by atoms with Crippen molar-refractivity contribution < 1.29 is 9.53 Å². The summed E-state index contributed by atoms with van der Waals surface area (Å²) in [5.41, 5.74) is 0.763. The first kappa shape index (κ1) is 18.0. The fourth-order valence-corrected chi connectivity index (χ4v) is 1.87. The molecule has 0 aliphatic heterocycles. The Kier molecular flexibility index (Phi) is 8.00. The van der Waals surface area contributed by atoms with Gasteiger partial charge in [0.05, 0.1) is 13.2 Å². The standard InChI is InChI=1S/C18H26N2O2/c1-5-11-20(12-6-2)13-18(21)19-16-7-9-17(10-8-16)22-14-15(3)4/h5-10,15H,1-2,11-14H2,3-4H3,(H,19,21). The van der Waals surface area contributed by atoms with Crippen LogP contribution in [0.5, 0.6) is 5.75 Å². The van der Waals surface area contributed by atoms with Crippen molar-refractivity contribution in [3.63, 3.8) is 0 Å². The van der Waals surface area contributed by atoms with Crippen molar-refractivity contribution in [1.29, 1.82) is 0 Å². The topological polar surface area (TPSA) is 41.6 Å². The molecule has 1 aromatic carbocycles. The Labute approximate surface area is 133 Å². The summed E-state index contributed by atoms with van der Waals surface area (Å²) in [5, 5.41) is 2.88. The summed E-state index contributed by atoms with van der Waals surface area (Å²) in [7, 11) is 0. The van der Waals surface area contributed by atoms with Crippen molar-refractivity contribution in [3.8, 4) is 5.75 Å². The van der Waals surface area contributed by atoms with Gasteiger partial charge >= 0.3 is 0 Å². The third-order valence-electron chi connectivity index (χ3n) is 2.86. The van der Waals surface area contributed by atoms with Gasteiger partial charge in [-0.15, -0.1) is 13.2 Å². The molecule has 0 bridgehead atoms. The predicted molar refractivity (Wildman–Crippen MR) is 92.2 cm³/mol. The first-order chi connectivity index (χ1) is 10.5. The molecule has 0 aromatic heterocycles. The van der Waals surface area contributed by atoms with E-state index in [-0.39, 0.29) is 5.91 Å². The number of hydrogen-bond acceptors (Lipinski definition) is 3. The number of ether oxygens (including phenoxy) is 1. The molecule has 4 nitrogen and oxygen atoms in total. The van der Waals surface area contributed by atoms with Crippen LogP contribution in [0.25, 0.3) is 0 Å². The van der Waals surface area contributed by atoms with Crippen LogP contribution < -0.4 is 10.1 Å². The molecule has 0 aliphatic rings. The Bertz CT molecular complexity index is 470. The number of amides is 1. The third-order valence-corrected chi connectivity index (χ3v) is 2.86. The second-order valence-electron chi connectivity index (χ2n) is 5.55. The largest absolute Gasteiger partial charge is 0.493 e. The smallest absolute Gasteiger partial charge is 0.238 e. The zero-order valence-electron chi connectivity index (χ0n) is 13.5. The molecule has 1 rings (SSSR count). The van der Waals surface area contributed by atoms with Gasteiger partial charge in [-0.2, -0.15) is 0 Å². The second-order valence-corrected chi connectivity index (χ2v) is 5.55. The van der Waals surface area contributed by atoms with Crippen LogP contribution in [0.2, 0.25) is 0 Å². The third kappa shape index (κ3) is 7.09. The zero-order valence-corrected chi connectivity index (χ0v) is 13.5. The van der Waals surface area contributed by atoms with E-state index in [9.17, 15) is 4.79 Å².